The number of aromatic nitrogens is 1. The maximum Gasteiger partial charge on any atom is 0.407 e. The van der Waals surface area contributed by atoms with E-state index in [1.807, 2.05) is 72.7 Å². The van der Waals surface area contributed by atoms with Gasteiger partial charge in [0.25, 0.3) is 0 Å². The summed E-state index contributed by atoms with van der Waals surface area (Å²) in [5.41, 5.74) is 7.12. The molecule has 0 fully saturated rings. The number of benzene rings is 4. The molecule has 74 heavy (non-hydrogen) atoms. The van der Waals surface area contributed by atoms with Gasteiger partial charge in [0, 0.05) is 29.9 Å². The number of nitrogens with one attached hydrogen (secondary N) is 4. The lowest BCUT2D eigenvalue weighted by atomic mass is 10.1. The fourth-order valence-electron chi connectivity index (χ4n) is 5.33. The molecule has 21 heteroatoms. The topological polar surface area (TPSA) is 211 Å². The molecule has 0 aliphatic heterocycles. The van der Waals surface area contributed by atoms with Crippen molar-refractivity contribution in [3.63, 3.8) is 0 Å². The Morgan fingerprint density at radius 1 is 0.676 bits per heavy atom. The fraction of sp³-hybridized carbons (Fsp3) is 0.415. The van der Waals surface area contributed by atoms with Crippen molar-refractivity contribution in [3.8, 4) is 23.0 Å². The summed E-state index contributed by atoms with van der Waals surface area (Å²) < 4.78 is 61.0. The summed E-state index contributed by atoms with van der Waals surface area (Å²) >= 11 is 7.28. The van der Waals surface area contributed by atoms with Gasteiger partial charge < -0.3 is 50.1 Å². The fourth-order valence-corrected chi connectivity index (χ4v) is 6.69. The normalized spacial score (nSPS) is 10.2. The van der Waals surface area contributed by atoms with Crippen LogP contribution in [0.1, 0.15) is 115 Å². The minimum absolute atomic E-state index is 0. The largest absolute Gasteiger partial charge is 0.494 e. The zero-order valence-corrected chi connectivity index (χ0v) is 47.1. The molecule has 0 spiro atoms. The number of hydrogen-bond donors (Lipinski definition) is 5. The lowest BCUT2D eigenvalue weighted by Gasteiger charge is -2.19. The first-order chi connectivity index (χ1) is 34.6. The monoisotopic (exact) mass is 1140 g/mol. The number of alkyl halides is 1. The second-order valence-corrected chi connectivity index (χ2v) is 18.2. The molecule has 0 bridgehead atoms. The van der Waals surface area contributed by atoms with Crippen LogP contribution in [0.5, 0.6) is 23.0 Å². The van der Waals surface area contributed by atoms with E-state index < -0.39 is 40.8 Å². The van der Waals surface area contributed by atoms with Crippen LogP contribution in [0.3, 0.4) is 0 Å². The first-order valence-electron chi connectivity index (χ1n) is 23.3. The first-order valence-corrected chi connectivity index (χ1v) is 25.8. The molecule has 0 radical (unpaired) electrons. The van der Waals surface area contributed by atoms with E-state index in [1.165, 1.54) is 44.6 Å². The van der Waals surface area contributed by atoms with Gasteiger partial charge in [-0.05, 0) is 139 Å². The third kappa shape index (κ3) is 26.6. The Kier molecular flexibility index (Phi) is 32.7. The van der Waals surface area contributed by atoms with Crippen molar-refractivity contribution in [2.75, 3.05) is 61.6 Å². The number of carbonyl (C=O) groups is 4. The van der Waals surface area contributed by atoms with E-state index in [-0.39, 0.29) is 46.3 Å². The molecule has 5 rings (SSSR count). The second kappa shape index (κ2) is 35.8. The van der Waals surface area contributed by atoms with Crippen molar-refractivity contribution in [2.45, 2.75) is 101 Å². The number of ether oxygens (including phenoxy) is 6. The Bertz CT molecular complexity index is 2440. The number of ketones is 2. The van der Waals surface area contributed by atoms with Crippen molar-refractivity contribution in [2.24, 2.45) is 0 Å². The van der Waals surface area contributed by atoms with Crippen LogP contribution in [0.15, 0.2) is 84.9 Å². The molecule has 0 saturated heterocycles. The van der Waals surface area contributed by atoms with Crippen LogP contribution in [-0.4, -0.2) is 85.8 Å². The van der Waals surface area contributed by atoms with E-state index in [0.29, 0.717) is 49.2 Å². The van der Waals surface area contributed by atoms with Crippen LogP contribution in [0.4, 0.5) is 40.7 Å². The number of rotatable bonds is 19. The van der Waals surface area contributed by atoms with Crippen LogP contribution < -0.4 is 45.4 Å². The average Bonchev–Trinajstić information content (AvgIpc) is 3.73. The predicted octanol–water partition coefficient (Wildman–Crippen LogP) is 12.6. The van der Waals surface area contributed by atoms with Gasteiger partial charge in [-0.3, -0.25) is 9.59 Å². The summed E-state index contributed by atoms with van der Waals surface area (Å²) in [6.45, 7) is 20.8. The minimum Gasteiger partial charge on any atom is -0.494 e. The van der Waals surface area contributed by atoms with Gasteiger partial charge in [-0.2, -0.15) is 0 Å². The van der Waals surface area contributed by atoms with Crippen molar-refractivity contribution in [3.05, 3.63) is 113 Å². The molecule has 16 nitrogen and oxygen atoms in total. The third-order valence-corrected chi connectivity index (χ3v) is 10.3. The zero-order valence-electron chi connectivity index (χ0n) is 43.7. The van der Waals surface area contributed by atoms with Gasteiger partial charge in [-0.25, -0.2) is 28.1 Å². The van der Waals surface area contributed by atoms with E-state index >= 15 is 0 Å². The smallest absolute Gasteiger partial charge is 0.407 e. The standard InChI is InChI=1S/C25H29FN4O5S.C14H22N2O3S.C9H8BrFO2.2C2H6.CH4/c1-25(2,3)35-24(32)28-12-5-13-34-17-9-7-16(8-10-17)29-23-30-22(27)21(36-23)20(31)15-6-11-19(33-4)18(26)14-15;1-14(2,3)19-13(17)15-9-4-10-18-12-7-5-11(16-20)6-8-12;1-13-9-3-2-6(4-7(9)11)8(12)5-10;2*1-2;/h6-11,14H,5,12-13,27H2,1-4H3,(H,28,32)(H,29,30);5-8,16,20H,4,9-10H2,1-3H3,(H,15,17);2-4H,5H2,1H3;2*1-2H3;1H4/p+1. The Hall–Kier alpha value is -6.32. The van der Waals surface area contributed by atoms with Gasteiger partial charge in [-0.1, -0.05) is 62.4 Å². The Morgan fingerprint density at radius 3 is 1.49 bits per heavy atom. The van der Waals surface area contributed by atoms with Crippen LogP contribution in [0.2, 0.25) is 0 Å². The number of amides is 2. The molecule has 2 amide bonds. The number of carbonyl (C=O) groups excluding carboxylic acids is 4. The second-order valence-electron chi connectivity index (χ2n) is 16.4. The number of methoxy groups -OCH3 is 2. The van der Waals surface area contributed by atoms with E-state index in [4.69, 9.17) is 34.2 Å². The molecular weight excluding hydrogens is 1060 g/mol. The molecule has 6 N–H and O–H groups in total. The number of Topliss-reactive ketones (excluding diaryl/α,β-unsaturated/α-hetero) is 1. The zero-order chi connectivity index (χ0) is 55.1. The van der Waals surface area contributed by atoms with Gasteiger partial charge in [0.2, 0.25) is 5.78 Å². The van der Waals surface area contributed by atoms with E-state index in [0.717, 1.165) is 40.9 Å². The van der Waals surface area contributed by atoms with Crippen LogP contribution >= 0.6 is 27.3 Å². The quantitative estimate of drug-likeness (QED) is 0.0225. The summed E-state index contributed by atoms with van der Waals surface area (Å²) in [6.07, 6.45) is 0.482. The lowest BCUT2D eigenvalue weighted by molar-refractivity contribution is 0.0513. The molecular formula is C53H76BrF2N6O10S2+. The van der Waals surface area contributed by atoms with E-state index in [2.05, 4.69) is 54.4 Å². The van der Waals surface area contributed by atoms with Crippen LogP contribution in [-0.2, 0) is 22.3 Å². The molecule has 1 aromatic heterocycles. The summed E-state index contributed by atoms with van der Waals surface area (Å²) in [4.78, 5) is 51.3. The summed E-state index contributed by atoms with van der Waals surface area (Å²) in [6, 6.07) is 22.8. The predicted molar refractivity (Wildman–Crippen MR) is 302 cm³/mol. The maximum absolute atomic E-state index is 14.0. The number of alkyl carbamates (subject to hydrolysis) is 2. The average molecular weight is 1140 g/mol. The number of thiazole rings is 1. The Balaban J connectivity index is 0.00000118. The van der Waals surface area contributed by atoms with Gasteiger partial charge in [0.15, 0.2) is 34.0 Å². The number of hydrogen-bond acceptors (Lipinski definition) is 15. The van der Waals surface area contributed by atoms with Crippen LogP contribution in [0.25, 0.3) is 0 Å². The molecule has 0 atom stereocenters. The third-order valence-electron chi connectivity index (χ3n) is 8.49. The Morgan fingerprint density at radius 2 is 1.09 bits per heavy atom. The van der Waals surface area contributed by atoms with Gasteiger partial charge >= 0.3 is 12.2 Å². The molecule has 0 aliphatic carbocycles. The SMILES string of the molecule is C.CC.CC.CC(C)(C)OC(=O)NCCCOc1ccc(N[SH2+])cc1.COc1ccc(C(=O)CBr)cc1F.COc1ccc(C(=O)c2sc(Nc3ccc(OCCCNC(=O)OC(C)(C)C)cc3)nc2N)cc1F. The molecule has 1 heterocycles. The van der Waals surface area contributed by atoms with Crippen molar-refractivity contribution >= 4 is 86.2 Å². The highest BCUT2D eigenvalue weighted by atomic mass is 79.9. The molecule has 4 aromatic carbocycles. The van der Waals surface area contributed by atoms with Gasteiger partial charge in [0.1, 0.15) is 33.4 Å². The number of anilines is 4. The minimum atomic E-state index is -0.633. The van der Waals surface area contributed by atoms with Crippen molar-refractivity contribution in [1.82, 2.24) is 15.6 Å². The van der Waals surface area contributed by atoms with Crippen LogP contribution in [0, 0.1) is 11.6 Å². The van der Waals surface area contributed by atoms with E-state index in [9.17, 15) is 28.0 Å². The number of nitrogens with zero attached hydrogens (tertiary/aromatic N) is 1. The highest BCUT2D eigenvalue weighted by Gasteiger charge is 2.20. The molecule has 0 unspecified atom stereocenters. The van der Waals surface area contributed by atoms with Gasteiger partial charge in [-0.15, -0.1) is 0 Å². The highest BCUT2D eigenvalue weighted by molar-refractivity contribution is 9.09. The first kappa shape index (κ1) is 67.7. The summed E-state index contributed by atoms with van der Waals surface area (Å²) in [7, 11) is 2.73. The summed E-state index contributed by atoms with van der Waals surface area (Å²) in [5, 5.41) is 9.08. The summed E-state index contributed by atoms with van der Waals surface area (Å²) in [5.74, 6) is -0.0144. The molecule has 5 aromatic rings. The highest BCUT2D eigenvalue weighted by Crippen LogP contribution is 2.31. The maximum atomic E-state index is 14.0. The lowest BCUT2D eigenvalue weighted by Crippen LogP contribution is -2.33. The molecule has 410 valence electrons. The number of halogens is 3. The number of nitrogens with two attached hydrogens (primary N) is 1. The van der Waals surface area contributed by atoms with Crippen molar-refractivity contribution in [1.29, 1.82) is 0 Å². The van der Waals surface area contributed by atoms with Gasteiger partial charge in [0.05, 0.1) is 51.3 Å². The Labute approximate surface area is 453 Å². The number of nitrogen functional groups attached to an aromatic ring is 1. The van der Waals surface area contributed by atoms with E-state index in [1.54, 1.807) is 45.0 Å². The molecule has 0 aliphatic rings. The molecule has 0 saturated carbocycles. The van der Waals surface area contributed by atoms with Crippen molar-refractivity contribution < 1.29 is 56.4 Å².